The van der Waals surface area contributed by atoms with Crippen LogP contribution < -0.4 is 10.2 Å². The van der Waals surface area contributed by atoms with Gasteiger partial charge in [-0.1, -0.05) is 20.8 Å². The standard InChI is InChI=1S/C15H27N3S/c1-11(2)16-10-14-13(4)17-15(19-14)18-8-5-6-12(3)7-9-18/h11-12,16H,5-10H2,1-4H3. The Morgan fingerprint density at radius 3 is 2.89 bits per heavy atom. The lowest BCUT2D eigenvalue weighted by atomic mass is 10.0. The topological polar surface area (TPSA) is 28.2 Å². The van der Waals surface area contributed by atoms with Crippen LogP contribution >= 0.6 is 11.3 Å². The normalized spacial score (nSPS) is 20.9. The second-order valence-electron chi connectivity index (χ2n) is 6.06. The van der Waals surface area contributed by atoms with Gasteiger partial charge in [0.2, 0.25) is 0 Å². The van der Waals surface area contributed by atoms with E-state index < -0.39 is 0 Å². The minimum atomic E-state index is 0.531. The molecule has 0 saturated carbocycles. The molecule has 3 nitrogen and oxygen atoms in total. The number of hydrogen-bond donors (Lipinski definition) is 1. The molecule has 0 spiro atoms. The molecule has 0 radical (unpaired) electrons. The SMILES string of the molecule is Cc1nc(N2CCCC(C)CC2)sc1CNC(C)C. The second kappa shape index (κ2) is 6.71. The predicted octanol–water partition coefficient (Wildman–Crippen LogP) is 3.58. The van der Waals surface area contributed by atoms with E-state index in [2.05, 4.69) is 37.9 Å². The van der Waals surface area contributed by atoms with E-state index in [1.807, 2.05) is 11.3 Å². The Kier molecular flexibility index (Phi) is 5.22. The summed E-state index contributed by atoms with van der Waals surface area (Å²) in [6.45, 7) is 12.2. The number of thiazole rings is 1. The third kappa shape index (κ3) is 4.18. The average molecular weight is 281 g/mol. The number of rotatable bonds is 4. The molecule has 0 bridgehead atoms. The van der Waals surface area contributed by atoms with Gasteiger partial charge in [0.15, 0.2) is 5.13 Å². The van der Waals surface area contributed by atoms with E-state index in [0.29, 0.717) is 6.04 Å². The van der Waals surface area contributed by atoms with Gasteiger partial charge in [-0.05, 0) is 32.1 Å². The van der Waals surface area contributed by atoms with Gasteiger partial charge in [0.25, 0.3) is 0 Å². The van der Waals surface area contributed by atoms with Crippen molar-refractivity contribution in [2.45, 2.75) is 59.5 Å². The molecule has 0 amide bonds. The van der Waals surface area contributed by atoms with Gasteiger partial charge in [-0.2, -0.15) is 0 Å². The molecule has 2 heterocycles. The van der Waals surface area contributed by atoms with Crippen molar-refractivity contribution in [2.24, 2.45) is 5.92 Å². The van der Waals surface area contributed by atoms with E-state index in [9.17, 15) is 0 Å². The van der Waals surface area contributed by atoms with Crippen LogP contribution in [-0.2, 0) is 6.54 Å². The lowest BCUT2D eigenvalue weighted by molar-refractivity contribution is 0.521. The van der Waals surface area contributed by atoms with Crippen molar-refractivity contribution in [3.63, 3.8) is 0 Å². The largest absolute Gasteiger partial charge is 0.348 e. The van der Waals surface area contributed by atoms with Crippen molar-refractivity contribution in [1.82, 2.24) is 10.3 Å². The zero-order chi connectivity index (χ0) is 13.8. The van der Waals surface area contributed by atoms with Crippen molar-refractivity contribution in [2.75, 3.05) is 18.0 Å². The highest BCUT2D eigenvalue weighted by Gasteiger charge is 2.18. The van der Waals surface area contributed by atoms with Gasteiger partial charge in [-0.3, -0.25) is 0 Å². The number of nitrogens with zero attached hydrogens (tertiary/aromatic N) is 2. The molecule has 1 fully saturated rings. The molecular weight excluding hydrogens is 254 g/mol. The summed E-state index contributed by atoms with van der Waals surface area (Å²) in [5.74, 6) is 0.869. The quantitative estimate of drug-likeness (QED) is 0.914. The minimum absolute atomic E-state index is 0.531. The summed E-state index contributed by atoms with van der Waals surface area (Å²) in [5.41, 5.74) is 1.20. The number of hydrogen-bond acceptors (Lipinski definition) is 4. The Balaban J connectivity index is 2.02. The Morgan fingerprint density at radius 1 is 1.37 bits per heavy atom. The Hall–Kier alpha value is -0.610. The molecule has 1 N–H and O–H groups in total. The first-order valence-corrected chi connectivity index (χ1v) is 8.32. The minimum Gasteiger partial charge on any atom is -0.348 e. The summed E-state index contributed by atoms with van der Waals surface area (Å²) in [6, 6.07) is 0.531. The first kappa shape index (κ1) is 14.8. The summed E-state index contributed by atoms with van der Waals surface area (Å²) in [5, 5.41) is 4.72. The van der Waals surface area contributed by atoms with Crippen LogP contribution in [0.5, 0.6) is 0 Å². The maximum Gasteiger partial charge on any atom is 0.185 e. The zero-order valence-electron chi connectivity index (χ0n) is 12.7. The number of aromatic nitrogens is 1. The molecule has 1 aromatic rings. The number of nitrogens with one attached hydrogen (secondary N) is 1. The Bertz CT molecular complexity index is 400. The van der Waals surface area contributed by atoms with Crippen LogP contribution in [0.4, 0.5) is 5.13 Å². The average Bonchev–Trinajstić information content (AvgIpc) is 2.57. The van der Waals surface area contributed by atoms with E-state index in [0.717, 1.165) is 12.5 Å². The van der Waals surface area contributed by atoms with Crippen LogP contribution in [0.15, 0.2) is 0 Å². The molecule has 108 valence electrons. The number of aryl methyl sites for hydroxylation is 1. The molecule has 1 aromatic heterocycles. The van der Waals surface area contributed by atoms with Crippen LogP contribution in [0.2, 0.25) is 0 Å². The summed E-state index contributed by atoms with van der Waals surface area (Å²) in [4.78, 5) is 8.66. The molecule has 2 rings (SSSR count). The van der Waals surface area contributed by atoms with Crippen molar-refractivity contribution >= 4 is 16.5 Å². The Morgan fingerprint density at radius 2 is 2.16 bits per heavy atom. The summed E-state index contributed by atoms with van der Waals surface area (Å²) >= 11 is 1.87. The molecule has 0 aromatic carbocycles. The fourth-order valence-corrected chi connectivity index (χ4v) is 3.53. The highest BCUT2D eigenvalue weighted by Crippen LogP contribution is 2.29. The lowest BCUT2D eigenvalue weighted by Gasteiger charge is -2.18. The lowest BCUT2D eigenvalue weighted by Crippen LogP contribution is -2.23. The van der Waals surface area contributed by atoms with Gasteiger partial charge in [0.1, 0.15) is 0 Å². The summed E-state index contributed by atoms with van der Waals surface area (Å²) in [7, 11) is 0. The second-order valence-corrected chi connectivity index (χ2v) is 7.13. The molecule has 1 saturated heterocycles. The van der Waals surface area contributed by atoms with Gasteiger partial charge in [-0.25, -0.2) is 4.98 Å². The van der Waals surface area contributed by atoms with Crippen molar-refractivity contribution < 1.29 is 0 Å². The van der Waals surface area contributed by atoms with Crippen LogP contribution in [0, 0.1) is 12.8 Å². The highest BCUT2D eigenvalue weighted by atomic mass is 32.1. The molecule has 1 atom stereocenters. The van der Waals surface area contributed by atoms with Crippen LogP contribution in [-0.4, -0.2) is 24.1 Å². The summed E-state index contributed by atoms with van der Waals surface area (Å²) < 4.78 is 0. The number of anilines is 1. The molecule has 1 unspecified atom stereocenters. The van der Waals surface area contributed by atoms with Crippen LogP contribution in [0.3, 0.4) is 0 Å². The van der Waals surface area contributed by atoms with Crippen molar-refractivity contribution in [3.05, 3.63) is 10.6 Å². The van der Waals surface area contributed by atoms with Gasteiger partial charge in [0, 0.05) is 30.6 Å². The molecule has 19 heavy (non-hydrogen) atoms. The Labute approximate surface area is 121 Å². The van der Waals surface area contributed by atoms with E-state index >= 15 is 0 Å². The smallest absolute Gasteiger partial charge is 0.185 e. The molecule has 1 aliphatic heterocycles. The van der Waals surface area contributed by atoms with Crippen molar-refractivity contribution in [3.8, 4) is 0 Å². The monoisotopic (exact) mass is 281 g/mol. The van der Waals surface area contributed by atoms with Gasteiger partial charge < -0.3 is 10.2 Å². The van der Waals surface area contributed by atoms with E-state index in [4.69, 9.17) is 4.98 Å². The maximum absolute atomic E-state index is 4.78. The van der Waals surface area contributed by atoms with Gasteiger partial charge >= 0.3 is 0 Å². The maximum atomic E-state index is 4.78. The molecular formula is C15H27N3S. The molecule has 1 aliphatic rings. The fourth-order valence-electron chi connectivity index (χ4n) is 2.46. The van der Waals surface area contributed by atoms with Crippen LogP contribution in [0.1, 0.15) is 50.6 Å². The molecule has 0 aliphatic carbocycles. The summed E-state index contributed by atoms with van der Waals surface area (Å²) in [6.07, 6.45) is 3.97. The fraction of sp³-hybridized carbons (Fsp3) is 0.800. The third-order valence-electron chi connectivity index (χ3n) is 3.84. The third-order valence-corrected chi connectivity index (χ3v) is 5.06. The van der Waals surface area contributed by atoms with Crippen LogP contribution in [0.25, 0.3) is 0 Å². The van der Waals surface area contributed by atoms with Crippen molar-refractivity contribution in [1.29, 1.82) is 0 Å². The highest BCUT2D eigenvalue weighted by molar-refractivity contribution is 7.15. The predicted molar refractivity (Wildman–Crippen MR) is 84.1 cm³/mol. The van der Waals surface area contributed by atoms with E-state index in [1.165, 1.54) is 48.1 Å². The van der Waals surface area contributed by atoms with Gasteiger partial charge in [0.05, 0.1) is 5.69 Å². The van der Waals surface area contributed by atoms with E-state index in [-0.39, 0.29) is 0 Å². The van der Waals surface area contributed by atoms with E-state index in [1.54, 1.807) is 0 Å². The van der Waals surface area contributed by atoms with Gasteiger partial charge in [-0.15, -0.1) is 11.3 Å². The molecule has 4 heteroatoms. The first-order chi connectivity index (χ1) is 9.06. The zero-order valence-corrected chi connectivity index (χ0v) is 13.5. The first-order valence-electron chi connectivity index (χ1n) is 7.51.